The van der Waals surface area contributed by atoms with E-state index >= 15 is 0 Å². The lowest BCUT2D eigenvalue weighted by atomic mass is 9.84. The zero-order chi connectivity index (χ0) is 73.3. The number of ether oxygens (including phenoxy) is 7. The molecule has 3 rings (SSSR count). The summed E-state index contributed by atoms with van der Waals surface area (Å²) in [5.41, 5.74) is 0. The fourth-order valence-electron chi connectivity index (χ4n) is 13.5. The molecule has 25 heteroatoms. The highest BCUT2D eigenvalue weighted by atomic mass is 31.2. The molecule has 0 radical (unpaired) electrons. The van der Waals surface area contributed by atoms with Crippen LogP contribution in [0.3, 0.4) is 0 Å². The Balaban J connectivity index is 1.72. The number of hydrogen-bond donors (Lipinski definition) is 11. The molecule has 3 fully saturated rings. The number of phosphoric ester groups is 1. The Kier molecular flexibility index (Phi) is 51.9. The minimum absolute atomic E-state index is 0.0331. The second kappa shape index (κ2) is 56.3. The fraction of sp³-hybridized carbons (Fsp3) is 0.960. The van der Waals surface area contributed by atoms with Crippen LogP contribution in [0.5, 0.6) is 0 Å². The molecule has 1 saturated carbocycles. The molecule has 2 aliphatic heterocycles. The minimum atomic E-state index is -5.70. The Morgan fingerprint density at radius 1 is 0.380 bits per heavy atom. The SMILES string of the molecule is CCCCCCCCCCCCCCCCCCC(=O)OC(COC(=O)CCCCCCCCC(C)CCCCCCCC)COP(=O)(O)OC1C(OC2OC(CO)C(O)C(O)C2O)C(O)C(O)C(O)C1OC1OC(COC(=O)CCCCCCCCCCCCCCC)C(O)C(O)C1O. The lowest BCUT2D eigenvalue weighted by Gasteiger charge is -2.49. The van der Waals surface area contributed by atoms with Gasteiger partial charge in [0.2, 0.25) is 0 Å². The van der Waals surface area contributed by atoms with E-state index < -0.39 is 156 Å². The Labute approximate surface area is 600 Å². The van der Waals surface area contributed by atoms with Gasteiger partial charge in [-0.05, 0) is 25.2 Å². The summed E-state index contributed by atoms with van der Waals surface area (Å²) < 4.78 is 65.2. The molecule has 0 bridgehead atoms. The number of aliphatic hydroxyl groups excluding tert-OH is 10. The van der Waals surface area contributed by atoms with Crippen LogP contribution in [0.25, 0.3) is 0 Å². The van der Waals surface area contributed by atoms with Gasteiger partial charge in [0.25, 0.3) is 0 Å². The number of carbonyl (C=O) groups is 3. The lowest BCUT2D eigenvalue weighted by Crippen LogP contribution is -2.69. The first-order valence-electron chi connectivity index (χ1n) is 39.7. The van der Waals surface area contributed by atoms with Gasteiger partial charge in [0, 0.05) is 19.3 Å². The number of aliphatic hydroxyl groups is 10. The molecule has 2 saturated heterocycles. The first-order valence-corrected chi connectivity index (χ1v) is 41.2. The molecule has 19 unspecified atom stereocenters. The lowest BCUT2D eigenvalue weighted by molar-refractivity contribution is -0.360. The van der Waals surface area contributed by atoms with E-state index in [0.717, 1.165) is 96.3 Å². The molecule has 3 aliphatic rings. The molecule has 0 aromatic rings. The maximum absolute atomic E-state index is 14.4. The predicted octanol–water partition coefficient (Wildman–Crippen LogP) is 11.6. The molecule has 0 spiro atoms. The summed E-state index contributed by atoms with van der Waals surface area (Å²) in [4.78, 5) is 51.1. The summed E-state index contributed by atoms with van der Waals surface area (Å²) >= 11 is 0. The molecule has 19 atom stereocenters. The highest BCUT2D eigenvalue weighted by Gasteiger charge is 2.58. The van der Waals surface area contributed by atoms with Crippen LogP contribution in [0.15, 0.2) is 0 Å². The van der Waals surface area contributed by atoms with Gasteiger partial charge in [-0.3, -0.25) is 23.4 Å². The molecule has 1 aliphatic carbocycles. The molecular weight excluding hydrogens is 1320 g/mol. The van der Waals surface area contributed by atoms with Crippen molar-refractivity contribution in [2.45, 2.75) is 427 Å². The van der Waals surface area contributed by atoms with Gasteiger partial charge in [0.15, 0.2) is 18.7 Å². The predicted molar refractivity (Wildman–Crippen MR) is 379 cm³/mol. The van der Waals surface area contributed by atoms with Gasteiger partial charge in [-0.25, -0.2) is 4.57 Å². The van der Waals surface area contributed by atoms with E-state index in [1.54, 1.807) is 0 Å². The van der Waals surface area contributed by atoms with Gasteiger partial charge < -0.3 is 89.1 Å². The van der Waals surface area contributed by atoms with Crippen molar-refractivity contribution in [3.63, 3.8) is 0 Å². The van der Waals surface area contributed by atoms with Gasteiger partial charge in [0.1, 0.15) is 98.7 Å². The summed E-state index contributed by atoms with van der Waals surface area (Å²) in [6.45, 7) is 5.81. The Hall–Kier alpha value is -2.04. The van der Waals surface area contributed by atoms with Crippen molar-refractivity contribution in [1.82, 2.24) is 0 Å². The third kappa shape index (κ3) is 39.0. The first kappa shape index (κ1) is 92.2. The van der Waals surface area contributed by atoms with E-state index in [9.17, 15) is 74.9 Å². The second-order valence-electron chi connectivity index (χ2n) is 29.1. The second-order valence-corrected chi connectivity index (χ2v) is 30.5. The Morgan fingerprint density at radius 2 is 0.700 bits per heavy atom. The zero-order valence-corrected chi connectivity index (χ0v) is 62.8. The summed E-state index contributed by atoms with van der Waals surface area (Å²) in [5.74, 6) is -1.27. The molecule has 0 aromatic heterocycles. The van der Waals surface area contributed by atoms with Crippen molar-refractivity contribution in [2.24, 2.45) is 5.92 Å². The largest absolute Gasteiger partial charge is 0.472 e. The van der Waals surface area contributed by atoms with Crippen molar-refractivity contribution in [3.8, 4) is 0 Å². The zero-order valence-electron chi connectivity index (χ0n) is 61.9. The summed E-state index contributed by atoms with van der Waals surface area (Å²) in [6.07, 6.45) is 13.0. The quantitative estimate of drug-likeness (QED) is 0.0117. The van der Waals surface area contributed by atoms with Gasteiger partial charge in [-0.15, -0.1) is 0 Å². The summed E-state index contributed by atoms with van der Waals surface area (Å²) in [5, 5.41) is 110. The molecule has 24 nitrogen and oxygen atoms in total. The fourth-order valence-corrected chi connectivity index (χ4v) is 14.4. The Bertz CT molecular complexity index is 2080. The molecule has 0 aromatic carbocycles. The number of esters is 3. The number of phosphoric acid groups is 1. The van der Waals surface area contributed by atoms with Crippen LogP contribution in [0.2, 0.25) is 0 Å². The maximum Gasteiger partial charge on any atom is 0.472 e. The van der Waals surface area contributed by atoms with E-state index in [1.807, 2.05) is 0 Å². The van der Waals surface area contributed by atoms with Gasteiger partial charge in [-0.1, -0.05) is 285 Å². The van der Waals surface area contributed by atoms with E-state index in [0.29, 0.717) is 25.2 Å². The van der Waals surface area contributed by atoms with Crippen LogP contribution in [0, 0.1) is 5.92 Å². The molecular formula is C75H141O24P. The highest BCUT2D eigenvalue weighted by molar-refractivity contribution is 7.47. The topological polar surface area (TPSA) is 374 Å². The number of unbranched alkanes of at least 4 members (excludes halogenated alkanes) is 37. The summed E-state index contributed by atoms with van der Waals surface area (Å²) in [6, 6.07) is 0. The van der Waals surface area contributed by atoms with Crippen molar-refractivity contribution in [3.05, 3.63) is 0 Å². The maximum atomic E-state index is 14.4. The number of carbonyl (C=O) groups excluding carboxylic acids is 3. The first-order chi connectivity index (χ1) is 48.2. The van der Waals surface area contributed by atoms with Gasteiger partial charge in [-0.2, -0.15) is 0 Å². The number of rotatable bonds is 62. The molecule has 0 amide bonds. The van der Waals surface area contributed by atoms with Crippen molar-refractivity contribution in [1.29, 1.82) is 0 Å². The van der Waals surface area contributed by atoms with Gasteiger partial charge in [0.05, 0.1) is 13.2 Å². The Morgan fingerprint density at radius 3 is 1.08 bits per heavy atom. The van der Waals surface area contributed by atoms with E-state index in [2.05, 4.69) is 27.7 Å². The molecule has 590 valence electrons. The van der Waals surface area contributed by atoms with Crippen LogP contribution in [-0.2, 0) is 61.2 Å². The third-order valence-corrected chi connectivity index (χ3v) is 21.0. The number of hydrogen-bond acceptors (Lipinski definition) is 23. The standard InChI is InChI=1S/C75H141O24P/c1-5-8-11-14-17-19-21-23-24-25-27-29-31-33-40-45-50-61(79)94-56(52-91-59(77)48-43-39-35-34-37-42-47-55(4)46-41-36-16-13-10-7-3)53-93-100(89,90)99-73-71(97-74-69(87)64(82)62(80)57(51-76)95-74)67(85)66(84)68(86)72(73)98-75-70(88)65(83)63(81)58(96-75)54-92-60(78)49-44-38-32-30-28-26-22-20-18-15-12-9-6-2/h55-58,62-76,80-88H,5-54H2,1-4H3,(H,89,90). The van der Waals surface area contributed by atoms with Gasteiger partial charge >= 0.3 is 25.7 Å². The molecule has 100 heavy (non-hydrogen) atoms. The van der Waals surface area contributed by atoms with Crippen LogP contribution in [0.1, 0.15) is 323 Å². The van der Waals surface area contributed by atoms with Crippen LogP contribution >= 0.6 is 7.82 Å². The van der Waals surface area contributed by atoms with Crippen molar-refractivity contribution < 1.29 is 117 Å². The van der Waals surface area contributed by atoms with Crippen molar-refractivity contribution in [2.75, 3.05) is 26.4 Å². The summed E-state index contributed by atoms with van der Waals surface area (Å²) in [7, 11) is -5.70. The van der Waals surface area contributed by atoms with Crippen molar-refractivity contribution >= 4 is 25.7 Å². The average molecular weight is 1460 g/mol. The van der Waals surface area contributed by atoms with E-state index in [1.165, 1.54) is 161 Å². The molecule has 11 N–H and O–H groups in total. The van der Waals surface area contributed by atoms with E-state index in [4.69, 9.17) is 42.2 Å². The smallest absolute Gasteiger partial charge is 0.463 e. The monoisotopic (exact) mass is 1460 g/mol. The van der Waals surface area contributed by atoms with E-state index in [-0.39, 0.29) is 19.3 Å². The average Bonchev–Trinajstić information content (AvgIpc) is 0.762. The normalized spacial score (nSPS) is 27.6. The van der Waals surface area contributed by atoms with Crippen LogP contribution < -0.4 is 0 Å². The van der Waals surface area contributed by atoms with Crippen LogP contribution in [-0.4, -0.2) is 204 Å². The van der Waals surface area contributed by atoms with Crippen LogP contribution in [0.4, 0.5) is 0 Å². The third-order valence-electron chi connectivity index (χ3n) is 20.0. The minimum Gasteiger partial charge on any atom is -0.463 e. The molecule has 2 heterocycles. The highest BCUT2D eigenvalue weighted by Crippen LogP contribution is 2.49.